The van der Waals surface area contributed by atoms with Gasteiger partial charge in [0, 0.05) is 28.0 Å². The first-order chi connectivity index (χ1) is 13.2. The standard InChI is InChI=1S/C22H20N2O3/c1-2-26-16-9-7-15(8-10-16)23-22(25)14-27-17-11-12-19-18-5-3-4-6-20(18)24-21(19)13-17/h3-13,24H,2,14H2,1H3,(H,23,25). The molecule has 136 valence electrons. The number of amides is 1. The molecule has 5 nitrogen and oxygen atoms in total. The molecule has 0 saturated carbocycles. The fraction of sp³-hybridized carbons (Fsp3) is 0.136. The van der Waals surface area contributed by atoms with Crippen molar-refractivity contribution in [3.8, 4) is 11.5 Å². The molecule has 4 rings (SSSR count). The molecule has 0 radical (unpaired) electrons. The van der Waals surface area contributed by atoms with Crippen LogP contribution in [-0.2, 0) is 4.79 Å². The second kappa shape index (κ2) is 7.41. The van der Waals surface area contributed by atoms with E-state index < -0.39 is 0 Å². The molecule has 1 amide bonds. The number of aromatic amines is 1. The number of carbonyl (C=O) groups excluding carboxylic acids is 1. The van der Waals surface area contributed by atoms with Crippen molar-refractivity contribution in [3.63, 3.8) is 0 Å². The van der Waals surface area contributed by atoms with Crippen molar-refractivity contribution in [2.45, 2.75) is 6.92 Å². The number of benzene rings is 3. The molecule has 1 aromatic heterocycles. The summed E-state index contributed by atoms with van der Waals surface area (Å²) >= 11 is 0. The first-order valence-electron chi connectivity index (χ1n) is 8.89. The Kier molecular flexibility index (Phi) is 4.66. The van der Waals surface area contributed by atoms with E-state index in [1.165, 1.54) is 5.39 Å². The van der Waals surface area contributed by atoms with E-state index in [1.807, 2.05) is 55.5 Å². The summed E-state index contributed by atoms with van der Waals surface area (Å²) in [7, 11) is 0. The molecule has 0 unspecified atom stereocenters. The van der Waals surface area contributed by atoms with Crippen LogP contribution < -0.4 is 14.8 Å². The minimum Gasteiger partial charge on any atom is -0.494 e. The normalized spacial score (nSPS) is 10.9. The largest absolute Gasteiger partial charge is 0.494 e. The summed E-state index contributed by atoms with van der Waals surface area (Å²) in [6.45, 7) is 2.49. The Labute approximate surface area is 156 Å². The molecule has 0 atom stereocenters. The number of anilines is 1. The van der Waals surface area contributed by atoms with Gasteiger partial charge >= 0.3 is 0 Å². The Bertz CT molecular complexity index is 1080. The molecule has 2 N–H and O–H groups in total. The number of nitrogens with one attached hydrogen (secondary N) is 2. The van der Waals surface area contributed by atoms with Gasteiger partial charge in [-0.05, 0) is 49.4 Å². The van der Waals surface area contributed by atoms with E-state index in [0.717, 1.165) is 22.2 Å². The number of hydrogen-bond acceptors (Lipinski definition) is 3. The Morgan fingerprint density at radius 1 is 0.889 bits per heavy atom. The van der Waals surface area contributed by atoms with Crippen LogP contribution in [0.5, 0.6) is 11.5 Å². The second-order valence-corrected chi connectivity index (χ2v) is 6.17. The SMILES string of the molecule is CCOc1ccc(NC(=O)COc2ccc3c(c2)[nH]c2ccccc23)cc1. The second-order valence-electron chi connectivity index (χ2n) is 6.17. The number of para-hydroxylation sites is 1. The fourth-order valence-electron chi connectivity index (χ4n) is 3.07. The summed E-state index contributed by atoms with van der Waals surface area (Å²) in [4.78, 5) is 15.5. The Balaban J connectivity index is 1.40. The molecule has 0 spiro atoms. The lowest BCUT2D eigenvalue weighted by Crippen LogP contribution is -2.20. The van der Waals surface area contributed by atoms with Crippen LogP contribution in [0.3, 0.4) is 0 Å². The van der Waals surface area contributed by atoms with Crippen molar-refractivity contribution >= 4 is 33.4 Å². The summed E-state index contributed by atoms with van der Waals surface area (Å²) in [5.41, 5.74) is 2.77. The van der Waals surface area contributed by atoms with Gasteiger partial charge in [0.2, 0.25) is 0 Å². The van der Waals surface area contributed by atoms with Gasteiger partial charge in [-0.1, -0.05) is 18.2 Å². The molecule has 3 aromatic carbocycles. The summed E-state index contributed by atoms with van der Waals surface area (Å²) < 4.78 is 11.0. The van der Waals surface area contributed by atoms with Gasteiger partial charge < -0.3 is 19.8 Å². The highest BCUT2D eigenvalue weighted by molar-refractivity contribution is 6.07. The molecule has 0 saturated heterocycles. The lowest BCUT2D eigenvalue weighted by Gasteiger charge is -2.08. The molecule has 0 bridgehead atoms. The Hall–Kier alpha value is -3.47. The zero-order valence-electron chi connectivity index (χ0n) is 15.0. The molecule has 27 heavy (non-hydrogen) atoms. The maximum atomic E-state index is 12.1. The predicted octanol–water partition coefficient (Wildman–Crippen LogP) is 4.74. The van der Waals surface area contributed by atoms with Crippen molar-refractivity contribution in [2.24, 2.45) is 0 Å². The van der Waals surface area contributed by atoms with Crippen LogP contribution in [0, 0.1) is 0 Å². The van der Waals surface area contributed by atoms with Crippen LogP contribution in [0.4, 0.5) is 5.69 Å². The van der Waals surface area contributed by atoms with E-state index in [9.17, 15) is 4.79 Å². The summed E-state index contributed by atoms with van der Waals surface area (Å²) in [5.74, 6) is 1.21. The topological polar surface area (TPSA) is 63.4 Å². The average molecular weight is 360 g/mol. The third-order valence-electron chi connectivity index (χ3n) is 4.30. The van der Waals surface area contributed by atoms with E-state index in [2.05, 4.69) is 16.4 Å². The van der Waals surface area contributed by atoms with Crippen LogP contribution in [0.15, 0.2) is 66.7 Å². The van der Waals surface area contributed by atoms with Gasteiger partial charge in [-0.15, -0.1) is 0 Å². The maximum Gasteiger partial charge on any atom is 0.262 e. The van der Waals surface area contributed by atoms with Gasteiger partial charge in [0.15, 0.2) is 6.61 Å². The van der Waals surface area contributed by atoms with Crippen LogP contribution >= 0.6 is 0 Å². The number of carbonyl (C=O) groups is 1. The number of hydrogen-bond donors (Lipinski definition) is 2. The number of aromatic nitrogens is 1. The van der Waals surface area contributed by atoms with Gasteiger partial charge in [-0.25, -0.2) is 0 Å². The van der Waals surface area contributed by atoms with Crippen molar-refractivity contribution in [1.82, 2.24) is 4.98 Å². The highest BCUT2D eigenvalue weighted by atomic mass is 16.5. The van der Waals surface area contributed by atoms with Gasteiger partial charge in [0.1, 0.15) is 11.5 Å². The van der Waals surface area contributed by atoms with Crippen molar-refractivity contribution in [2.75, 3.05) is 18.5 Å². The minimum atomic E-state index is -0.212. The van der Waals surface area contributed by atoms with E-state index in [1.54, 1.807) is 12.1 Å². The monoisotopic (exact) mass is 360 g/mol. The number of ether oxygens (including phenoxy) is 2. The summed E-state index contributed by atoms with van der Waals surface area (Å²) in [5, 5.41) is 5.12. The van der Waals surface area contributed by atoms with E-state index in [-0.39, 0.29) is 12.5 Å². The summed E-state index contributed by atoms with van der Waals surface area (Å²) in [6, 6.07) is 21.2. The molecule has 0 aliphatic carbocycles. The quantitative estimate of drug-likeness (QED) is 0.522. The van der Waals surface area contributed by atoms with Gasteiger partial charge in [0.05, 0.1) is 12.1 Å². The highest BCUT2D eigenvalue weighted by Crippen LogP contribution is 2.28. The molecule has 0 aliphatic rings. The smallest absolute Gasteiger partial charge is 0.262 e. The first kappa shape index (κ1) is 17.0. The van der Waals surface area contributed by atoms with Crippen molar-refractivity contribution < 1.29 is 14.3 Å². The van der Waals surface area contributed by atoms with Gasteiger partial charge in [0.25, 0.3) is 5.91 Å². The number of fused-ring (bicyclic) bond motifs is 3. The van der Waals surface area contributed by atoms with Gasteiger partial charge in [-0.2, -0.15) is 0 Å². The maximum absolute atomic E-state index is 12.1. The van der Waals surface area contributed by atoms with E-state index in [4.69, 9.17) is 9.47 Å². The highest BCUT2D eigenvalue weighted by Gasteiger charge is 2.07. The lowest BCUT2D eigenvalue weighted by atomic mass is 10.1. The molecular weight excluding hydrogens is 340 g/mol. The Morgan fingerprint density at radius 2 is 1.63 bits per heavy atom. The number of H-pyrrole nitrogens is 1. The molecule has 0 fully saturated rings. The van der Waals surface area contributed by atoms with Crippen LogP contribution in [0.1, 0.15) is 6.92 Å². The van der Waals surface area contributed by atoms with E-state index >= 15 is 0 Å². The third kappa shape index (κ3) is 3.72. The molecule has 5 heteroatoms. The Morgan fingerprint density at radius 3 is 2.44 bits per heavy atom. The third-order valence-corrected chi connectivity index (χ3v) is 4.30. The van der Waals surface area contributed by atoms with E-state index in [0.29, 0.717) is 18.0 Å². The fourth-order valence-corrected chi connectivity index (χ4v) is 3.07. The van der Waals surface area contributed by atoms with Crippen molar-refractivity contribution in [1.29, 1.82) is 0 Å². The average Bonchev–Trinajstić information content (AvgIpc) is 3.06. The predicted molar refractivity (Wildman–Crippen MR) is 108 cm³/mol. The van der Waals surface area contributed by atoms with Crippen LogP contribution in [0.2, 0.25) is 0 Å². The molecule has 0 aliphatic heterocycles. The zero-order chi connectivity index (χ0) is 18.6. The molecule has 4 aromatic rings. The van der Waals surface area contributed by atoms with Crippen LogP contribution in [-0.4, -0.2) is 24.1 Å². The molecular formula is C22H20N2O3. The minimum absolute atomic E-state index is 0.0566. The van der Waals surface area contributed by atoms with Crippen molar-refractivity contribution in [3.05, 3.63) is 66.7 Å². The number of rotatable bonds is 6. The zero-order valence-corrected chi connectivity index (χ0v) is 15.0. The van der Waals surface area contributed by atoms with Crippen LogP contribution in [0.25, 0.3) is 21.8 Å². The first-order valence-corrected chi connectivity index (χ1v) is 8.89. The molecule has 1 heterocycles. The summed E-state index contributed by atoms with van der Waals surface area (Å²) in [6.07, 6.45) is 0. The van der Waals surface area contributed by atoms with Gasteiger partial charge in [-0.3, -0.25) is 4.79 Å². The lowest BCUT2D eigenvalue weighted by molar-refractivity contribution is -0.118.